The van der Waals surface area contributed by atoms with Gasteiger partial charge in [0.05, 0.1) is 12.3 Å². The maximum Gasteiger partial charge on any atom is 0.232 e. The molecule has 1 atom stereocenters. The molecule has 1 saturated heterocycles. The molecule has 4 heteroatoms. The van der Waals surface area contributed by atoms with E-state index >= 15 is 0 Å². The summed E-state index contributed by atoms with van der Waals surface area (Å²) in [5.74, 6) is 2.69. The van der Waals surface area contributed by atoms with Gasteiger partial charge in [-0.15, -0.1) is 0 Å². The Kier molecular flexibility index (Phi) is 4.27. The first-order valence-electron chi connectivity index (χ1n) is 7.72. The Bertz CT molecular complexity index is 529. The molecule has 3 nitrogen and oxygen atoms in total. The lowest BCUT2D eigenvalue weighted by Gasteiger charge is -2.25. The summed E-state index contributed by atoms with van der Waals surface area (Å²) >= 11 is 1.75. The van der Waals surface area contributed by atoms with Gasteiger partial charge < -0.3 is 10.0 Å². The number of hydrogen-bond donors (Lipinski definition) is 1. The Morgan fingerprint density at radius 1 is 1.43 bits per heavy atom. The molecule has 1 aliphatic carbocycles. The zero-order valence-corrected chi connectivity index (χ0v) is 13.4. The molecule has 2 fully saturated rings. The first-order chi connectivity index (χ1) is 10.1. The molecule has 1 aliphatic heterocycles. The van der Waals surface area contributed by atoms with Crippen LogP contribution in [0, 0.1) is 12.8 Å². The lowest BCUT2D eigenvalue weighted by Crippen LogP contribution is -2.35. The molecular weight excluding hydrogens is 282 g/mol. The van der Waals surface area contributed by atoms with Crippen molar-refractivity contribution in [1.29, 1.82) is 0 Å². The van der Waals surface area contributed by atoms with Gasteiger partial charge in [0, 0.05) is 6.54 Å². The quantitative estimate of drug-likeness (QED) is 0.909. The number of carbonyl (C=O) groups excluding carboxylic acids is 1. The summed E-state index contributed by atoms with van der Waals surface area (Å²) < 4.78 is 0. The smallest absolute Gasteiger partial charge is 0.232 e. The standard InChI is InChI=1S/C17H23NO2S/c1-13-4-2-3-5-15(13)17(20)8-9-18(12-17)16(19)11-21-10-14-6-7-14/h2-5,14,20H,6-12H2,1H3. The average molecular weight is 305 g/mol. The van der Waals surface area contributed by atoms with E-state index in [2.05, 4.69) is 0 Å². The van der Waals surface area contributed by atoms with E-state index in [0.717, 1.165) is 22.8 Å². The van der Waals surface area contributed by atoms with Crippen molar-refractivity contribution < 1.29 is 9.90 Å². The average Bonchev–Trinajstić information content (AvgIpc) is 3.20. The van der Waals surface area contributed by atoms with Crippen molar-refractivity contribution in [3.8, 4) is 0 Å². The van der Waals surface area contributed by atoms with Crippen LogP contribution in [0.25, 0.3) is 0 Å². The highest BCUT2D eigenvalue weighted by molar-refractivity contribution is 7.99. The maximum atomic E-state index is 12.2. The van der Waals surface area contributed by atoms with Crippen LogP contribution in [0.1, 0.15) is 30.4 Å². The molecule has 21 heavy (non-hydrogen) atoms. The number of hydrogen-bond acceptors (Lipinski definition) is 3. The van der Waals surface area contributed by atoms with Crippen molar-refractivity contribution in [3.63, 3.8) is 0 Å². The van der Waals surface area contributed by atoms with Gasteiger partial charge in [-0.05, 0) is 49.0 Å². The van der Waals surface area contributed by atoms with E-state index < -0.39 is 5.60 Å². The van der Waals surface area contributed by atoms with Gasteiger partial charge in [0.2, 0.25) is 5.91 Å². The fourth-order valence-electron chi connectivity index (χ4n) is 3.01. The zero-order chi connectivity index (χ0) is 14.9. The predicted molar refractivity (Wildman–Crippen MR) is 86.3 cm³/mol. The van der Waals surface area contributed by atoms with Crippen LogP contribution in [0.2, 0.25) is 0 Å². The fourth-order valence-corrected chi connectivity index (χ4v) is 4.15. The van der Waals surface area contributed by atoms with Crippen LogP contribution in [-0.4, -0.2) is 40.5 Å². The number of benzene rings is 1. The summed E-state index contributed by atoms with van der Waals surface area (Å²) in [4.78, 5) is 14.1. The minimum atomic E-state index is -0.873. The monoisotopic (exact) mass is 305 g/mol. The van der Waals surface area contributed by atoms with Crippen molar-refractivity contribution >= 4 is 17.7 Å². The molecule has 1 saturated carbocycles. The molecule has 2 aliphatic rings. The van der Waals surface area contributed by atoms with Gasteiger partial charge in [-0.1, -0.05) is 24.3 Å². The molecule has 1 amide bonds. The van der Waals surface area contributed by atoms with E-state index in [1.165, 1.54) is 12.8 Å². The van der Waals surface area contributed by atoms with Crippen LogP contribution in [-0.2, 0) is 10.4 Å². The van der Waals surface area contributed by atoms with E-state index in [1.54, 1.807) is 11.8 Å². The minimum Gasteiger partial charge on any atom is -0.383 e. The molecule has 1 aromatic carbocycles. The molecule has 0 aromatic heterocycles. The topological polar surface area (TPSA) is 40.5 Å². The Balaban J connectivity index is 1.58. The number of aliphatic hydroxyl groups is 1. The lowest BCUT2D eigenvalue weighted by atomic mass is 9.89. The molecule has 0 bridgehead atoms. The second-order valence-corrected chi connectivity index (χ2v) is 7.40. The van der Waals surface area contributed by atoms with Gasteiger partial charge in [0.25, 0.3) is 0 Å². The number of β-amino-alcohol motifs (C(OH)–C–C–N with tert-alkyl or cyclic N) is 1. The molecule has 0 spiro atoms. The number of rotatable bonds is 5. The summed E-state index contributed by atoms with van der Waals surface area (Å²) in [5, 5.41) is 10.9. The molecule has 1 unspecified atom stereocenters. The van der Waals surface area contributed by atoms with Crippen LogP contribution in [0.15, 0.2) is 24.3 Å². The first kappa shape index (κ1) is 14.9. The summed E-state index contributed by atoms with van der Waals surface area (Å²) in [5.41, 5.74) is 1.19. The number of nitrogens with zero attached hydrogens (tertiary/aromatic N) is 1. The highest BCUT2D eigenvalue weighted by Crippen LogP contribution is 2.35. The van der Waals surface area contributed by atoms with Crippen molar-refractivity contribution in [2.75, 3.05) is 24.6 Å². The highest BCUT2D eigenvalue weighted by Gasteiger charge is 2.40. The van der Waals surface area contributed by atoms with Crippen LogP contribution in [0.5, 0.6) is 0 Å². The zero-order valence-electron chi connectivity index (χ0n) is 12.5. The largest absolute Gasteiger partial charge is 0.383 e. The van der Waals surface area contributed by atoms with Gasteiger partial charge in [-0.25, -0.2) is 0 Å². The number of likely N-dealkylation sites (tertiary alicyclic amines) is 1. The van der Waals surface area contributed by atoms with Gasteiger partial charge in [-0.2, -0.15) is 11.8 Å². The number of thioether (sulfide) groups is 1. The second kappa shape index (κ2) is 6.01. The normalized spacial score (nSPS) is 25.3. The van der Waals surface area contributed by atoms with E-state index in [0.29, 0.717) is 25.3 Å². The number of amides is 1. The molecule has 1 heterocycles. The summed E-state index contributed by atoms with van der Waals surface area (Å²) in [6, 6.07) is 7.93. The molecular formula is C17H23NO2S. The number of aryl methyl sites for hydroxylation is 1. The van der Waals surface area contributed by atoms with Crippen LogP contribution < -0.4 is 0 Å². The molecule has 0 radical (unpaired) electrons. The van der Waals surface area contributed by atoms with Crippen LogP contribution >= 0.6 is 11.8 Å². The summed E-state index contributed by atoms with van der Waals surface area (Å²) in [6.45, 7) is 3.11. The molecule has 1 aromatic rings. The Morgan fingerprint density at radius 3 is 2.90 bits per heavy atom. The predicted octanol–water partition coefficient (Wildman–Crippen LogP) is 2.56. The van der Waals surface area contributed by atoms with E-state index in [9.17, 15) is 9.90 Å². The fraction of sp³-hybridized carbons (Fsp3) is 0.588. The third kappa shape index (κ3) is 3.43. The van der Waals surface area contributed by atoms with Crippen LogP contribution in [0.3, 0.4) is 0 Å². The van der Waals surface area contributed by atoms with Crippen LogP contribution in [0.4, 0.5) is 0 Å². The highest BCUT2D eigenvalue weighted by atomic mass is 32.2. The van der Waals surface area contributed by atoms with E-state index in [4.69, 9.17) is 0 Å². The summed E-state index contributed by atoms with van der Waals surface area (Å²) in [7, 11) is 0. The summed E-state index contributed by atoms with van der Waals surface area (Å²) in [6.07, 6.45) is 3.30. The third-order valence-electron chi connectivity index (χ3n) is 4.52. The molecule has 1 N–H and O–H groups in total. The van der Waals surface area contributed by atoms with Gasteiger partial charge in [0.1, 0.15) is 5.60 Å². The van der Waals surface area contributed by atoms with Gasteiger partial charge in [0.15, 0.2) is 0 Å². The minimum absolute atomic E-state index is 0.171. The lowest BCUT2D eigenvalue weighted by molar-refractivity contribution is -0.128. The van der Waals surface area contributed by atoms with Gasteiger partial charge in [-0.3, -0.25) is 4.79 Å². The van der Waals surface area contributed by atoms with Crippen molar-refractivity contribution in [2.45, 2.75) is 31.8 Å². The van der Waals surface area contributed by atoms with E-state index in [-0.39, 0.29) is 5.91 Å². The Morgan fingerprint density at radius 2 is 2.19 bits per heavy atom. The molecule has 114 valence electrons. The Labute approximate surface area is 130 Å². The Hall–Kier alpha value is -1.000. The SMILES string of the molecule is Cc1ccccc1C1(O)CCN(C(=O)CSCC2CC2)C1. The number of carbonyl (C=O) groups is 1. The maximum absolute atomic E-state index is 12.2. The van der Waals surface area contributed by atoms with E-state index in [1.807, 2.05) is 36.1 Å². The first-order valence-corrected chi connectivity index (χ1v) is 8.88. The molecule has 3 rings (SSSR count). The van der Waals surface area contributed by atoms with Crippen molar-refractivity contribution in [2.24, 2.45) is 5.92 Å². The van der Waals surface area contributed by atoms with Crippen molar-refractivity contribution in [1.82, 2.24) is 4.90 Å². The van der Waals surface area contributed by atoms with Gasteiger partial charge >= 0.3 is 0 Å². The second-order valence-electron chi connectivity index (χ2n) is 6.37. The van der Waals surface area contributed by atoms with Crippen molar-refractivity contribution in [3.05, 3.63) is 35.4 Å². The third-order valence-corrected chi connectivity index (χ3v) is 5.68.